The average Bonchev–Trinajstić information content (AvgIpc) is 3.06. The molecule has 22 heavy (non-hydrogen) atoms. The van der Waals surface area contributed by atoms with Crippen LogP contribution in [0.5, 0.6) is 0 Å². The van der Waals surface area contributed by atoms with Crippen molar-refractivity contribution in [3.05, 3.63) is 72.1 Å². The topological polar surface area (TPSA) is 68.2 Å². The van der Waals surface area contributed by atoms with Gasteiger partial charge in [-0.15, -0.1) is 5.10 Å². The van der Waals surface area contributed by atoms with Gasteiger partial charge in [0.1, 0.15) is 0 Å². The molecule has 2 aromatic carbocycles. The highest BCUT2D eigenvalue weighted by Crippen LogP contribution is 2.24. The van der Waals surface area contributed by atoms with E-state index in [4.69, 9.17) is 10.2 Å². The fraction of sp³-hybridized carbons (Fsp3) is 0.176. The van der Waals surface area contributed by atoms with E-state index in [0.29, 0.717) is 18.3 Å². The third kappa shape index (κ3) is 3.15. The Bertz CT molecular complexity index is 712. The quantitative estimate of drug-likeness (QED) is 0.783. The summed E-state index contributed by atoms with van der Waals surface area (Å²) in [5.74, 6) is 0.446. The Kier molecular flexibility index (Phi) is 4.16. The Morgan fingerprint density at radius 2 is 1.64 bits per heavy atom. The van der Waals surface area contributed by atoms with Gasteiger partial charge >= 0.3 is 6.01 Å². The lowest BCUT2D eigenvalue weighted by molar-refractivity contribution is 0.452. The molecule has 2 N–H and O–H groups in total. The summed E-state index contributed by atoms with van der Waals surface area (Å²) in [5.41, 5.74) is 8.29. The monoisotopic (exact) mass is 294 g/mol. The fourth-order valence-corrected chi connectivity index (χ4v) is 2.23. The summed E-state index contributed by atoms with van der Waals surface area (Å²) in [4.78, 5) is 1.84. The van der Waals surface area contributed by atoms with Gasteiger partial charge in [0.25, 0.3) is 0 Å². The van der Waals surface area contributed by atoms with Gasteiger partial charge in [-0.3, -0.25) is 4.90 Å². The van der Waals surface area contributed by atoms with E-state index in [1.165, 1.54) is 0 Å². The zero-order valence-corrected chi connectivity index (χ0v) is 12.4. The third-order valence-electron chi connectivity index (χ3n) is 3.48. The maximum atomic E-state index is 6.16. The van der Waals surface area contributed by atoms with Crippen LogP contribution in [0.25, 0.3) is 0 Å². The predicted molar refractivity (Wildman–Crippen MR) is 85.9 cm³/mol. The van der Waals surface area contributed by atoms with Crippen molar-refractivity contribution in [1.29, 1.82) is 0 Å². The van der Waals surface area contributed by atoms with Crippen LogP contribution in [0, 0.1) is 0 Å². The molecule has 0 bridgehead atoms. The molecule has 5 nitrogen and oxygen atoms in total. The number of nitrogens with two attached hydrogens (primary N) is 1. The Morgan fingerprint density at radius 3 is 2.32 bits per heavy atom. The van der Waals surface area contributed by atoms with Crippen LogP contribution in [-0.4, -0.2) is 17.2 Å². The first-order chi connectivity index (χ1) is 10.7. The molecule has 0 aliphatic rings. The number of anilines is 2. The first kappa shape index (κ1) is 14.3. The summed E-state index contributed by atoms with van der Waals surface area (Å²) < 4.78 is 5.71. The van der Waals surface area contributed by atoms with Crippen molar-refractivity contribution in [2.45, 2.75) is 12.5 Å². The smallest absolute Gasteiger partial charge is 0.322 e. The van der Waals surface area contributed by atoms with E-state index in [0.717, 1.165) is 11.3 Å². The van der Waals surface area contributed by atoms with Gasteiger partial charge in [-0.1, -0.05) is 53.6 Å². The SMILES string of the molecule is CN(c1ccccc1)c1nnc(C(N)Cc2ccccc2)o1. The van der Waals surface area contributed by atoms with Crippen molar-refractivity contribution < 1.29 is 4.42 Å². The molecule has 1 heterocycles. The molecule has 0 saturated heterocycles. The number of hydrogen-bond donors (Lipinski definition) is 1. The van der Waals surface area contributed by atoms with Crippen molar-refractivity contribution in [2.75, 3.05) is 11.9 Å². The van der Waals surface area contributed by atoms with Gasteiger partial charge in [0.05, 0.1) is 6.04 Å². The molecule has 1 atom stereocenters. The van der Waals surface area contributed by atoms with Crippen molar-refractivity contribution >= 4 is 11.7 Å². The minimum Gasteiger partial charge on any atom is -0.406 e. The molecule has 0 aliphatic carbocycles. The van der Waals surface area contributed by atoms with E-state index >= 15 is 0 Å². The van der Waals surface area contributed by atoms with Gasteiger partial charge in [0, 0.05) is 12.7 Å². The van der Waals surface area contributed by atoms with Crippen LogP contribution in [-0.2, 0) is 6.42 Å². The lowest BCUT2D eigenvalue weighted by Gasteiger charge is -2.13. The summed E-state index contributed by atoms with van der Waals surface area (Å²) in [6.07, 6.45) is 0.664. The zero-order chi connectivity index (χ0) is 15.4. The van der Waals surface area contributed by atoms with Crippen LogP contribution in [0.2, 0.25) is 0 Å². The first-order valence-corrected chi connectivity index (χ1v) is 7.16. The molecule has 0 amide bonds. The van der Waals surface area contributed by atoms with Gasteiger partial charge in [-0.05, 0) is 24.1 Å². The number of benzene rings is 2. The summed E-state index contributed by atoms with van der Waals surface area (Å²) in [5, 5.41) is 8.16. The molecule has 3 rings (SSSR count). The van der Waals surface area contributed by atoms with Crippen molar-refractivity contribution in [3.63, 3.8) is 0 Å². The Balaban J connectivity index is 1.73. The molecule has 1 aromatic heterocycles. The largest absolute Gasteiger partial charge is 0.406 e. The van der Waals surface area contributed by atoms with Crippen LogP contribution in [0.15, 0.2) is 65.1 Å². The Labute approximate surface area is 129 Å². The summed E-state index contributed by atoms with van der Waals surface area (Å²) >= 11 is 0. The highest BCUT2D eigenvalue weighted by Gasteiger charge is 2.17. The van der Waals surface area contributed by atoms with E-state index in [1.807, 2.05) is 72.6 Å². The van der Waals surface area contributed by atoms with E-state index in [1.54, 1.807) is 0 Å². The summed E-state index contributed by atoms with van der Waals surface area (Å²) in [7, 11) is 1.88. The van der Waals surface area contributed by atoms with Crippen LogP contribution in [0.1, 0.15) is 17.5 Å². The van der Waals surface area contributed by atoms with E-state index in [-0.39, 0.29) is 6.04 Å². The number of aromatic nitrogens is 2. The highest BCUT2D eigenvalue weighted by molar-refractivity contribution is 5.54. The highest BCUT2D eigenvalue weighted by atomic mass is 16.4. The predicted octanol–water partition coefficient (Wildman–Crippen LogP) is 3.08. The van der Waals surface area contributed by atoms with E-state index < -0.39 is 0 Å². The Morgan fingerprint density at radius 1 is 1.00 bits per heavy atom. The van der Waals surface area contributed by atoms with Crippen molar-refractivity contribution in [2.24, 2.45) is 5.73 Å². The minimum absolute atomic E-state index is 0.312. The minimum atomic E-state index is -0.312. The molecular formula is C17H18N4O. The molecule has 112 valence electrons. The van der Waals surface area contributed by atoms with E-state index in [2.05, 4.69) is 10.2 Å². The summed E-state index contributed by atoms with van der Waals surface area (Å²) in [6.45, 7) is 0. The van der Waals surface area contributed by atoms with Crippen LogP contribution in [0.4, 0.5) is 11.7 Å². The molecule has 5 heteroatoms. The fourth-order valence-electron chi connectivity index (χ4n) is 2.23. The standard InChI is InChI=1S/C17H18N4O/c1-21(14-10-6-3-7-11-14)17-20-19-16(22-17)15(18)12-13-8-4-2-5-9-13/h2-11,15H,12,18H2,1H3. The average molecular weight is 294 g/mol. The third-order valence-corrected chi connectivity index (χ3v) is 3.48. The lowest BCUT2D eigenvalue weighted by atomic mass is 10.1. The van der Waals surface area contributed by atoms with Crippen molar-refractivity contribution in [3.8, 4) is 0 Å². The number of hydrogen-bond acceptors (Lipinski definition) is 5. The normalized spacial score (nSPS) is 12.1. The number of nitrogens with zero attached hydrogens (tertiary/aromatic N) is 3. The van der Waals surface area contributed by atoms with Gasteiger partial charge in [-0.2, -0.15) is 0 Å². The van der Waals surface area contributed by atoms with E-state index in [9.17, 15) is 0 Å². The molecule has 1 unspecified atom stereocenters. The second-order valence-electron chi connectivity index (χ2n) is 5.11. The van der Waals surface area contributed by atoms with Crippen LogP contribution >= 0.6 is 0 Å². The van der Waals surface area contributed by atoms with Gasteiger partial charge < -0.3 is 10.2 Å². The second kappa shape index (κ2) is 6.41. The van der Waals surface area contributed by atoms with Gasteiger partial charge in [0.2, 0.25) is 5.89 Å². The van der Waals surface area contributed by atoms with Crippen molar-refractivity contribution in [1.82, 2.24) is 10.2 Å². The van der Waals surface area contributed by atoms with Crippen LogP contribution < -0.4 is 10.6 Å². The molecule has 0 aliphatic heterocycles. The Hall–Kier alpha value is -2.66. The van der Waals surface area contributed by atoms with Gasteiger partial charge in [0.15, 0.2) is 0 Å². The maximum absolute atomic E-state index is 6.16. The summed E-state index contributed by atoms with van der Waals surface area (Å²) in [6, 6.07) is 20.0. The zero-order valence-electron chi connectivity index (χ0n) is 12.4. The molecular weight excluding hydrogens is 276 g/mol. The first-order valence-electron chi connectivity index (χ1n) is 7.16. The maximum Gasteiger partial charge on any atom is 0.322 e. The number of rotatable bonds is 5. The van der Waals surface area contributed by atoms with Gasteiger partial charge in [-0.25, -0.2) is 0 Å². The molecule has 0 fully saturated rings. The molecule has 0 saturated carbocycles. The molecule has 3 aromatic rings. The second-order valence-corrected chi connectivity index (χ2v) is 5.11. The lowest BCUT2D eigenvalue weighted by Crippen LogP contribution is -2.13. The molecule has 0 radical (unpaired) electrons. The molecule has 0 spiro atoms. The number of para-hydroxylation sites is 1. The van der Waals surface area contributed by atoms with Crippen LogP contribution in [0.3, 0.4) is 0 Å².